The Labute approximate surface area is 121 Å². The molecular formula is C14H14ClNO2S. The largest absolute Gasteiger partial charge is 0.508 e. The minimum Gasteiger partial charge on any atom is -0.508 e. The van der Waals surface area contributed by atoms with E-state index >= 15 is 0 Å². The molecular weight excluding hydrogens is 282 g/mol. The predicted molar refractivity (Wildman–Crippen MR) is 77.9 cm³/mol. The lowest BCUT2D eigenvalue weighted by Crippen LogP contribution is -2.30. The lowest BCUT2D eigenvalue weighted by Gasteiger charge is -2.20. The zero-order valence-corrected chi connectivity index (χ0v) is 12.0. The Morgan fingerprint density at radius 3 is 2.84 bits per heavy atom. The van der Waals surface area contributed by atoms with Gasteiger partial charge in [-0.3, -0.25) is 4.79 Å². The first-order valence-electron chi connectivity index (χ1n) is 5.92. The average Bonchev–Trinajstić information content (AvgIpc) is 2.91. The highest BCUT2D eigenvalue weighted by Gasteiger charge is 2.18. The second kappa shape index (κ2) is 6.08. The van der Waals surface area contributed by atoms with Crippen LogP contribution in [0.1, 0.15) is 22.2 Å². The first-order chi connectivity index (χ1) is 9.11. The van der Waals surface area contributed by atoms with Crippen molar-refractivity contribution in [3.63, 3.8) is 0 Å². The van der Waals surface area contributed by atoms with Gasteiger partial charge >= 0.3 is 0 Å². The van der Waals surface area contributed by atoms with E-state index in [2.05, 4.69) is 0 Å². The molecule has 0 saturated carbocycles. The van der Waals surface area contributed by atoms with Gasteiger partial charge in [0.2, 0.25) is 0 Å². The molecule has 0 aliphatic heterocycles. The molecule has 5 heteroatoms. The number of phenols is 1. The maximum absolute atomic E-state index is 12.4. The summed E-state index contributed by atoms with van der Waals surface area (Å²) in [7, 11) is 0. The van der Waals surface area contributed by atoms with Crippen LogP contribution in [-0.2, 0) is 6.54 Å². The zero-order chi connectivity index (χ0) is 13.8. The van der Waals surface area contributed by atoms with Crippen molar-refractivity contribution in [1.29, 1.82) is 0 Å². The van der Waals surface area contributed by atoms with E-state index in [1.165, 1.54) is 18.2 Å². The maximum Gasteiger partial charge on any atom is 0.255 e. The number of aromatic hydroxyl groups is 1. The van der Waals surface area contributed by atoms with Crippen LogP contribution in [-0.4, -0.2) is 22.5 Å². The summed E-state index contributed by atoms with van der Waals surface area (Å²) in [5, 5.41) is 11.8. The lowest BCUT2D eigenvalue weighted by atomic mass is 10.2. The van der Waals surface area contributed by atoms with Gasteiger partial charge in [0.05, 0.1) is 17.1 Å². The van der Waals surface area contributed by atoms with Gasteiger partial charge < -0.3 is 10.0 Å². The molecule has 1 N–H and O–H groups in total. The minimum atomic E-state index is -0.170. The quantitative estimate of drug-likeness (QED) is 0.933. The molecule has 1 heterocycles. The Morgan fingerprint density at radius 1 is 1.42 bits per heavy atom. The Hall–Kier alpha value is -1.52. The summed E-state index contributed by atoms with van der Waals surface area (Å²) in [5.74, 6) is -0.128. The molecule has 1 amide bonds. The van der Waals surface area contributed by atoms with Crippen molar-refractivity contribution < 1.29 is 9.90 Å². The van der Waals surface area contributed by atoms with Crippen LogP contribution in [0, 0.1) is 0 Å². The van der Waals surface area contributed by atoms with Crippen LogP contribution in [0.25, 0.3) is 0 Å². The Kier molecular flexibility index (Phi) is 4.45. The molecule has 100 valence electrons. The van der Waals surface area contributed by atoms with Gasteiger partial charge in [0.15, 0.2) is 0 Å². The molecule has 0 fully saturated rings. The summed E-state index contributed by atoms with van der Waals surface area (Å²) < 4.78 is 0. The third-order valence-electron chi connectivity index (χ3n) is 2.78. The number of carbonyl (C=O) groups is 1. The topological polar surface area (TPSA) is 40.5 Å². The van der Waals surface area contributed by atoms with Crippen molar-refractivity contribution in [2.24, 2.45) is 0 Å². The molecule has 2 aromatic rings. The number of phenolic OH excluding ortho intramolecular Hbond substituents is 1. The molecule has 0 aliphatic carbocycles. The average molecular weight is 296 g/mol. The highest BCUT2D eigenvalue weighted by Crippen LogP contribution is 2.23. The predicted octanol–water partition coefficient (Wildman–Crippen LogP) is 3.77. The van der Waals surface area contributed by atoms with E-state index in [0.717, 1.165) is 4.88 Å². The Balaban J connectivity index is 2.23. The number of nitrogens with zero attached hydrogens (tertiary/aromatic N) is 1. The van der Waals surface area contributed by atoms with E-state index in [-0.39, 0.29) is 11.7 Å². The van der Waals surface area contributed by atoms with E-state index < -0.39 is 0 Å². The van der Waals surface area contributed by atoms with Crippen LogP contribution < -0.4 is 0 Å². The second-order valence-electron chi connectivity index (χ2n) is 4.06. The van der Waals surface area contributed by atoms with E-state index in [1.54, 1.807) is 16.2 Å². The monoisotopic (exact) mass is 295 g/mol. The molecule has 19 heavy (non-hydrogen) atoms. The van der Waals surface area contributed by atoms with Gasteiger partial charge in [0.1, 0.15) is 5.75 Å². The lowest BCUT2D eigenvalue weighted by molar-refractivity contribution is 0.0754. The number of halogens is 1. The first-order valence-corrected chi connectivity index (χ1v) is 7.17. The van der Waals surface area contributed by atoms with Crippen molar-refractivity contribution in [3.05, 3.63) is 51.2 Å². The highest BCUT2D eigenvalue weighted by molar-refractivity contribution is 7.09. The Bertz CT molecular complexity index is 569. The zero-order valence-electron chi connectivity index (χ0n) is 10.5. The Morgan fingerprint density at radius 2 is 2.21 bits per heavy atom. The number of carbonyl (C=O) groups excluding carboxylic acids is 1. The molecule has 3 nitrogen and oxygen atoms in total. The van der Waals surface area contributed by atoms with E-state index in [9.17, 15) is 9.90 Å². The summed E-state index contributed by atoms with van der Waals surface area (Å²) >= 11 is 7.63. The summed E-state index contributed by atoms with van der Waals surface area (Å²) in [6.45, 7) is 3.06. The van der Waals surface area contributed by atoms with Gasteiger partial charge in [0.25, 0.3) is 5.91 Å². The van der Waals surface area contributed by atoms with E-state index in [0.29, 0.717) is 23.7 Å². The summed E-state index contributed by atoms with van der Waals surface area (Å²) in [6.07, 6.45) is 0. The summed E-state index contributed by atoms with van der Waals surface area (Å²) in [5.41, 5.74) is 0.333. The number of rotatable bonds is 4. The molecule has 0 spiro atoms. The number of hydrogen-bond donors (Lipinski definition) is 1. The van der Waals surface area contributed by atoms with Gasteiger partial charge in [-0.05, 0) is 36.6 Å². The first kappa shape index (κ1) is 13.9. The standard InChI is InChI=1S/C14H14ClNO2S/c1-2-16(9-11-4-3-7-19-11)14(18)12-8-10(17)5-6-13(12)15/h3-8,17H,2,9H2,1H3. The van der Waals surface area contributed by atoms with E-state index in [1.807, 2.05) is 24.4 Å². The summed E-state index contributed by atoms with van der Waals surface area (Å²) in [4.78, 5) is 15.2. The molecule has 0 radical (unpaired) electrons. The number of thiophene rings is 1. The third kappa shape index (κ3) is 3.28. The fourth-order valence-electron chi connectivity index (χ4n) is 1.77. The van der Waals surface area contributed by atoms with Crippen LogP contribution in [0.4, 0.5) is 0 Å². The van der Waals surface area contributed by atoms with Crippen LogP contribution in [0.2, 0.25) is 5.02 Å². The second-order valence-corrected chi connectivity index (χ2v) is 5.50. The van der Waals surface area contributed by atoms with Crippen LogP contribution >= 0.6 is 22.9 Å². The fourth-order valence-corrected chi connectivity index (χ4v) is 2.68. The maximum atomic E-state index is 12.4. The van der Waals surface area contributed by atoms with Crippen molar-refractivity contribution in [3.8, 4) is 5.75 Å². The SMILES string of the molecule is CCN(Cc1cccs1)C(=O)c1cc(O)ccc1Cl. The minimum absolute atomic E-state index is 0.0416. The van der Waals surface area contributed by atoms with Crippen LogP contribution in [0.5, 0.6) is 5.75 Å². The summed E-state index contributed by atoms with van der Waals surface area (Å²) in [6, 6.07) is 8.35. The number of hydrogen-bond acceptors (Lipinski definition) is 3. The van der Waals surface area contributed by atoms with Crippen molar-refractivity contribution in [2.75, 3.05) is 6.54 Å². The van der Waals surface area contributed by atoms with Gasteiger partial charge in [0, 0.05) is 11.4 Å². The molecule has 2 rings (SSSR count). The molecule has 1 aromatic heterocycles. The van der Waals surface area contributed by atoms with Crippen LogP contribution in [0.15, 0.2) is 35.7 Å². The third-order valence-corrected chi connectivity index (χ3v) is 3.97. The molecule has 0 aliphatic rings. The van der Waals surface area contributed by atoms with Gasteiger partial charge in [-0.25, -0.2) is 0 Å². The molecule has 0 saturated heterocycles. The molecule has 0 atom stereocenters. The molecule has 1 aromatic carbocycles. The van der Waals surface area contributed by atoms with E-state index in [4.69, 9.17) is 11.6 Å². The van der Waals surface area contributed by atoms with Gasteiger partial charge in [-0.1, -0.05) is 17.7 Å². The molecule has 0 unspecified atom stereocenters. The number of benzene rings is 1. The van der Waals surface area contributed by atoms with Crippen LogP contribution in [0.3, 0.4) is 0 Å². The highest BCUT2D eigenvalue weighted by atomic mass is 35.5. The number of amides is 1. The van der Waals surface area contributed by atoms with Gasteiger partial charge in [-0.15, -0.1) is 11.3 Å². The van der Waals surface area contributed by atoms with Crippen molar-refractivity contribution in [2.45, 2.75) is 13.5 Å². The van der Waals surface area contributed by atoms with Crippen molar-refractivity contribution in [1.82, 2.24) is 4.90 Å². The fraction of sp³-hybridized carbons (Fsp3) is 0.214. The van der Waals surface area contributed by atoms with Gasteiger partial charge in [-0.2, -0.15) is 0 Å². The normalized spacial score (nSPS) is 10.4. The molecule has 0 bridgehead atoms. The van der Waals surface area contributed by atoms with Crippen molar-refractivity contribution >= 4 is 28.8 Å². The smallest absolute Gasteiger partial charge is 0.255 e.